The topological polar surface area (TPSA) is 90.2 Å². The third kappa shape index (κ3) is 1.88. The minimum atomic E-state index is -1.25. The average molecular weight is 290 g/mol. The highest BCUT2D eigenvalue weighted by atomic mass is 127. The molecule has 12 heavy (non-hydrogen) atoms. The predicted octanol–water partition coefficient (Wildman–Crippen LogP) is -1.78. The highest BCUT2D eigenvalue weighted by molar-refractivity contribution is 14.1. The van der Waals surface area contributed by atoms with Crippen molar-refractivity contribution in [2.24, 2.45) is 0 Å². The summed E-state index contributed by atoms with van der Waals surface area (Å²) in [6.45, 7) is -0.371. The van der Waals surface area contributed by atoms with Gasteiger partial charge in [-0.3, -0.25) is 0 Å². The standard InChI is InChI=1S/C6H11IO5/c7-6-5(11)4(10)3(9)2(1-8)12-6/h2-6,8-11H,1H2/t2-,3-,4+,5+,6+/m1/s1. The van der Waals surface area contributed by atoms with Gasteiger partial charge in [0.2, 0.25) is 0 Å². The summed E-state index contributed by atoms with van der Waals surface area (Å²) in [5.74, 6) is 0. The molecule has 5 atom stereocenters. The van der Waals surface area contributed by atoms with Crippen LogP contribution >= 0.6 is 22.6 Å². The van der Waals surface area contributed by atoms with Crippen molar-refractivity contribution in [3.05, 3.63) is 0 Å². The van der Waals surface area contributed by atoms with Crippen LogP contribution in [0.15, 0.2) is 0 Å². The highest BCUT2D eigenvalue weighted by Crippen LogP contribution is 2.24. The monoisotopic (exact) mass is 290 g/mol. The zero-order valence-electron chi connectivity index (χ0n) is 6.17. The van der Waals surface area contributed by atoms with Crippen molar-refractivity contribution in [3.63, 3.8) is 0 Å². The minimum Gasteiger partial charge on any atom is -0.394 e. The van der Waals surface area contributed by atoms with Gasteiger partial charge in [0.15, 0.2) is 0 Å². The molecule has 72 valence electrons. The first-order chi connectivity index (χ1) is 5.57. The molecular formula is C6H11IO5. The van der Waals surface area contributed by atoms with Crippen LogP contribution in [-0.4, -0.2) is 55.6 Å². The Morgan fingerprint density at radius 2 is 1.67 bits per heavy atom. The van der Waals surface area contributed by atoms with Gasteiger partial charge in [-0.15, -0.1) is 0 Å². The Bertz CT molecular complexity index is 150. The van der Waals surface area contributed by atoms with Crippen molar-refractivity contribution in [1.82, 2.24) is 0 Å². The van der Waals surface area contributed by atoms with Crippen molar-refractivity contribution >= 4 is 22.6 Å². The van der Waals surface area contributed by atoms with E-state index in [1.54, 1.807) is 22.6 Å². The van der Waals surface area contributed by atoms with E-state index in [1.165, 1.54) is 0 Å². The largest absolute Gasteiger partial charge is 0.394 e. The molecule has 1 heterocycles. The lowest BCUT2D eigenvalue weighted by molar-refractivity contribution is -0.201. The Balaban J connectivity index is 2.63. The molecule has 6 heteroatoms. The van der Waals surface area contributed by atoms with Crippen LogP contribution < -0.4 is 0 Å². The molecular weight excluding hydrogens is 279 g/mol. The second-order valence-corrected chi connectivity index (χ2v) is 3.91. The molecule has 1 aliphatic heterocycles. The fourth-order valence-electron chi connectivity index (χ4n) is 1.06. The number of ether oxygens (including phenoxy) is 1. The zero-order valence-corrected chi connectivity index (χ0v) is 8.33. The normalized spacial score (nSPS) is 49.2. The van der Waals surface area contributed by atoms with Crippen LogP contribution in [0.1, 0.15) is 0 Å². The number of alkyl halides is 1. The van der Waals surface area contributed by atoms with Crippen molar-refractivity contribution in [2.75, 3.05) is 6.61 Å². The Morgan fingerprint density at radius 1 is 1.08 bits per heavy atom. The van der Waals surface area contributed by atoms with Crippen LogP contribution in [0.5, 0.6) is 0 Å². The van der Waals surface area contributed by atoms with E-state index in [-0.39, 0.29) is 6.61 Å². The van der Waals surface area contributed by atoms with Gasteiger partial charge in [-0.2, -0.15) is 0 Å². The van der Waals surface area contributed by atoms with Crippen molar-refractivity contribution in [3.8, 4) is 0 Å². The number of rotatable bonds is 1. The Kier molecular flexibility index (Phi) is 3.68. The van der Waals surface area contributed by atoms with E-state index in [0.717, 1.165) is 0 Å². The Hall–Kier alpha value is 0.530. The summed E-state index contributed by atoms with van der Waals surface area (Å²) in [5.41, 5.74) is 0. The van der Waals surface area contributed by atoms with Crippen LogP contribution in [0, 0.1) is 0 Å². The van der Waals surface area contributed by atoms with Crippen LogP contribution in [-0.2, 0) is 4.74 Å². The molecule has 4 N–H and O–H groups in total. The highest BCUT2D eigenvalue weighted by Gasteiger charge is 2.42. The van der Waals surface area contributed by atoms with Crippen LogP contribution in [0.3, 0.4) is 0 Å². The molecule has 0 aromatic heterocycles. The van der Waals surface area contributed by atoms with Crippen molar-refractivity contribution < 1.29 is 25.2 Å². The quantitative estimate of drug-likeness (QED) is 0.339. The fourth-order valence-corrected chi connectivity index (χ4v) is 1.86. The maximum atomic E-state index is 9.23. The number of aliphatic hydroxyl groups is 4. The van der Waals surface area contributed by atoms with E-state index in [9.17, 15) is 15.3 Å². The molecule has 0 amide bonds. The summed E-state index contributed by atoms with van der Waals surface area (Å²) in [6, 6.07) is 0. The maximum absolute atomic E-state index is 9.23. The van der Waals surface area contributed by atoms with Gasteiger partial charge in [0.1, 0.15) is 28.5 Å². The maximum Gasteiger partial charge on any atom is 0.137 e. The molecule has 0 aromatic rings. The first-order valence-electron chi connectivity index (χ1n) is 3.52. The molecule has 0 bridgehead atoms. The van der Waals surface area contributed by atoms with Gasteiger partial charge in [0.25, 0.3) is 0 Å². The van der Waals surface area contributed by atoms with E-state index in [1.807, 2.05) is 0 Å². The van der Waals surface area contributed by atoms with Gasteiger partial charge in [0.05, 0.1) is 6.61 Å². The second-order valence-electron chi connectivity index (χ2n) is 2.68. The average Bonchev–Trinajstić information content (AvgIpc) is 2.08. The van der Waals surface area contributed by atoms with Crippen molar-refractivity contribution in [2.45, 2.75) is 28.5 Å². The lowest BCUT2D eigenvalue weighted by Gasteiger charge is -2.37. The number of hydrogen-bond donors (Lipinski definition) is 4. The molecule has 1 fully saturated rings. The lowest BCUT2D eigenvalue weighted by atomic mass is 10.0. The second kappa shape index (κ2) is 4.16. The van der Waals surface area contributed by atoms with Gasteiger partial charge in [-0.05, 0) is 22.6 Å². The molecule has 5 nitrogen and oxygen atoms in total. The van der Waals surface area contributed by atoms with Gasteiger partial charge >= 0.3 is 0 Å². The van der Waals surface area contributed by atoms with Gasteiger partial charge < -0.3 is 25.2 Å². The molecule has 0 saturated carbocycles. The Labute approximate surface area is 83.1 Å². The minimum absolute atomic E-state index is 0.371. The summed E-state index contributed by atoms with van der Waals surface area (Å²) in [5, 5.41) is 36.4. The third-order valence-electron chi connectivity index (χ3n) is 1.83. The molecule has 0 aromatic carbocycles. The molecule has 0 radical (unpaired) electrons. The summed E-state index contributed by atoms with van der Waals surface area (Å²) in [4.78, 5) is 0. The molecule has 0 spiro atoms. The molecule has 0 aliphatic carbocycles. The Morgan fingerprint density at radius 3 is 2.17 bits per heavy atom. The van der Waals surface area contributed by atoms with Gasteiger partial charge in [-0.25, -0.2) is 0 Å². The van der Waals surface area contributed by atoms with Gasteiger partial charge in [-0.1, -0.05) is 0 Å². The smallest absolute Gasteiger partial charge is 0.137 e. The number of hydrogen-bond acceptors (Lipinski definition) is 5. The van der Waals surface area contributed by atoms with Crippen LogP contribution in [0.2, 0.25) is 0 Å². The molecule has 0 unspecified atom stereocenters. The number of aliphatic hydroxyl groups excluding tert-OH is 4. The fraction of sp³-hybridized carbons (Fsp3) is 1.00. The van der Waals surface area contributed by atoms with E-state index < -0.39 is 28.5 Å². The molecule has 1 aliphatic rings. The molecule has 1 saturated heterocycles. The first-order valence-corrected chi connectivity index (χ1v) is 4.77. The van der Waals surface area contributed by atoms with Crippen molar-refractivity contribution in [1.29, 1.82) is 0 Å². The van der Waals surface area contributed by atoms with E-state index in [4.69, 9.17) is 9.84 Å². The van der Waals surface area contributed by atoms with Crippen LogP contribution in [0.4, 0.5) is 0 Å². The van der Waals surface area contributed by atoms with E-state index >= 15 is 0 Å². The van der Waals surface area contributed by atoms with E-state index in [0.29, 0.717) is 0 Å². The summed E-state index contributed by atoms with van der Waals surface area (Å²) < 4.78 is 4.41. The molecule has 1 rings (SSSR count). The summed E-state index contributed by atoms with van der Waals surface area (Å²) in [7, 11) is 0. The number of halogens is 1. The van der Waals surface area contributed by atoms with Gasteiger partial charge in [0, 0.05) is 0 Å². The zero-order chi connectivity index (χ0) is 9.30. The first kappa shape index (κ1) is 10.6. The third-order valence-corrected chi connectivity index (χ3v) is 2.86. The SMILES string of the molecule is OC[C@H]1O[C@H](I)[C@@H](O)[C@@H](O)[C@@H]1O. The summed E-state index contributed by atoms with van der Waals surface area (Å²) in [6.07, 6.45) is -4.40. The van der Waals surface area contributed by atoms with E-state index in [2.05, 4.69) is 0 Å². The predicted molar refractivity (Wildman–Crippen MR) is 47.8 cm³/mol. The summed E-state index contributed by atoms with van der Waals surface area (Å²) >= 11 is 1.79. The lowest BCUT2D eigenvalue weighted by Crippen LogP contribution is -2.56. The van der Waals surface area contributed by atoms with Crippen LogP contribution in [0.25, 0.3) is 0 Å².